The molecule has 3 fully saturated rings. The van der Waals surface area contributed by atoms with E-state index in [2.05, 4.69) is 4.90 Å². The van der Waals surface area contributed by atoms with Crippen molar-refractivity contribution < 1.29 is 9.84 Å². The van der Waals surface area contributed by atoms with Crippen LogP contribution in [0, 0.1) is 5.92 Å². The third kappa shape index (κ3) is 2.44. The molecule has 1 saturated heterocycles. The summed E-state index contributed by atoms with van der Waals surface area (Å²) in [7, 11) is 0. The first-order valence-corrected chi connectivity index (χ1v) is 7.55. The van der Waals surface area contributed by atoms with Crippen LogP contribution in [0.1, 0.15) is 38.5 Å². The van der Waals surface area contributed by atoms with Crippen LogP contribution in [-0.4, -0.2) is 54.0 Å². The molecule has 4 atom stereocenters. The van der Waals surface area contributed by atoms with Crippen LogP contribution in [0.3, 0.4) is 0 Å². The molecule has 4 heteroatoms. The molecule has 18 heavy (non-hydrogen) atoms. The van der Waals surface area contributed by atoms with Gasteiger partial charge in [-0.2, -0.15) is 0 Å². The number of nitrogens with two attached hydrogens (primary N) is 1. The first-order chi connectivity index (χ1) is 8.81. The van der Waals surface area contributed by atoms with Crippen molar-refractivity contribution in [2.75, 3.05) is 19.8 Å². The van der Waals surface area contributed by atoms with Gasteiger partial charge >= 0.3 is 0 Å². The molecule has 3 rings (SSSR count). The highest BCUT2D eigenvalue weighted by molar-refractivity contribution is 4.98. The summed E-state index contributed by atoms with van der Waals surface area (Å²) >= 11 is 0. The van der Waals surface area contributed by atoms with Gasteiger partial charge in [0.25, 0.3) is 0 Å². The molecule has 1 heterocycles. The standard InChI is InChI=1S/C14H26N2O2/c15-14(10-5-6-10)12(9-17)16-7-8-18-13-4-2-1-3-11(13)16/h10-14,17H,1-9,15H2. The topological polar surface area (TPSA) is 58.7 Å². The van der Waals surface area contributed by atoms with Crippen molar-refractivity contribution >= 4 is 0 Å². The van der Waals surface area contributed by atoms with E-state index >= 15 is 0 Å². The molecule has 3 N–H and O–H groups in total. The minimum atomic E-state index is 0.145. The summed E-state index contributed by atoms with van der Waals surface area (Å²) in [6.45, 7) is 1.93. The molecule has 3 aliphatic rings. The van der Waals surface area contributed by atoms with E-state index in [0.29, 0.717) is 18.1 Å². The van der Waals surface area contributed by atoms with Crippen molar-refractivity contribution in [1.29, 1.82) is 0 Å². The number of ether oxygens (including phenoxy) is 1. The lowest BCUT2D eigenvalue weighted by molar-refractivity contribution is -0.112. The number of aliphatic hydroxyl groups is 1. The van der Waals surface area contributed by atoms with Gasteiger partial charge in [-0.1, -0.05) is 12.8 Å². The van der Waals surface area contributed by atoms with Gasteiger partial charge in [-0.25, -0.2) is 0 Å². The molecular formula is C14H26N2O2. The van der Waals surface area contributed by atoms with Crippen LogP contribution in [0.4, 0.5) is 0 Å². The second kappa shape index (κ2) is 5.45. The van der Waals surface area contributed by atoms with Crippen molar-refractivity contribution in [3.05, 3.63) is 0 Å². The Balaban J connectivity index is 1.70. The predicted molar refractivity (Wildman–Crippen MR) is 70.3 cm³/mol. The van der Waals surface area contributed by atoms with Gasteiger partial charge in [0.1, 0.15) is 0 Å². The smallest absolute Gasteiger partial charge is 0.0731 e. The van der Waals surface area contributed by atoms with Gasteiger partial charge in [-0.3, -0.25) is 4.90 Å². The number of hydrogen-bond donors (Lipinski definition) is 2. The summed E-state index contributed by atoms with van der Waals surface area (Å²) in [4.78, 5) is 2.47. The van der Waals surface area contributed by atoms with E-state index in [1.807, 2.05) is 0 Å². The molecular weight excluding hydrogens is 228 g/mol. The van der Waals surface area contributed by atoms with Gasteiger partial charge < -0.3 is 15.6 Å². The highest BCUT2D eigenvalue weighted by Crippen LogP contribution is 2.36. The van der Waals surface area contributed by atoms with Crippen LogP contribution >= 0.6 is 0 Å². The van der Waals surface area contributed by atoms with Crippen LogP contribution in [0.25, 0.3) is 0 Å². The van der Waals surface area contributed by atoms with Gasteiger partial charge in [0.15, 0.2) is 0 Å². The quantitative estimate of drug-likeness (QED) is 0.776. The summed E-state index contributed by atoms with van der Waals surface area (Å²) in [5.74, 6) is 0.645. The number of nitrogens with zero attached hydrogens (tertiary/aromatic N) is 1. The average Bonchev–Trinajstić information content (AvgIpc) is 3.24. The minimum Gasteiger partial charge on any atom is -0.395 e. The third-order valence-electron chi connectivity index (χ3n) is 5.00. The summed E-state index contributed by atoms with van der Waals surface area (Å²) in [5, 5.41) is 9.75. The van der Waals surface area contributed by atoms with Crippen LogP contribution in [0.15, 0.2) is 0 Å². The Morgan fingerprint density at radius 1 is 1.22 bits per heavy atom. The fourth-order valence-electron chi connectivity index (χ4n) is 3.78. The summed E-state index contributed by atoms with van der Waals surface area (Å²) in [5.41, 5.74) is 6.34. The van der Waals surface area contributed by atoms with E-state index < -0.39 is 0 Å². The van der Waals surface area contributed by atoms with Crippen LogP contribution in [-0.2, 0) is 4.74 Å². The first-order valence-electron chi connectivity index (χ1n) is 7.55. The number of rotatable bonds is 4. The van der Waals surface area contributed by atoms with E-state index in [4.69, 9.17) is 10.5 Å². The minimum absolute atomic E-state index is 0.145. The lowest BCUT2D eigenvalue weighted by Gasteiger charge is -2.48. The maximum Gasteiger partial charge on any atom is 0.0731 e. The molecule has 0 aromatic heterocycles. The number of morpholine rings is 1. The lowest BCUT2D eigenvalue weighted by Crippen LogP contribution is -2.62. The van der Waals surface area contributed by atoms with Gasteiger partial charge in [-0.05, 0) is 31.6 Å². The van der Waals surface area contributed by atoms with Crippen LogP contribution < -0.4 is 5.73 Å². The van der Waals surface area contributed by atoms with Gasteiger partial charge in [0, 0.05) is 24.7 Å². The Hall–Kier alpha value is -0.160. The summed E-state index contributed by atoms with van der Waals surface area (Å²) in [6.07, 6.45) is 7.83. The van der Waals surface area contributed by atoms with Crippen molar-refractivity contribution in [3.8, 4) is 0 Å². The molecule has 2 saturated carbocycles. The number of hydrogen-bond acceptors (Lipinski definition) is 4. The second-order valence-corrected chi connectivity index (χ2v) is 6.16. The van der Waals surface area contributed by atoms with E-state index in [-0.39, 0.29) is 18.7 Å². The Bertz CT molecular complexity index is 281. The number of aliphatic hydroxyl groups excluding tert-OH is 1. The zero-order chi connectivity index (χ0) is 12.5. The third-order valence-corrected chi connectivity index (χ3v) is 5.00. The lowest BCUT2D eigenvalue weighted by atomic mass is 9.88. The highest BCUT2D eigenvalue weighted by Gasteiger charge is 2.42. The Labute approximate surface area is 109 Å². The monoisotopic (exact) mass is 254 g/mol. The molecule has 104 valence electrons. The summed E-state index contributed by atoms with van der Waals surface area (Å²) < 4.78 is 5.90. The molecule has 4 nitrogen and oxygen atoms in total. The Morgan fingerprint density at radius 3 is 2.72 bits per heavy atom. The van der Waals surface area contributed by atoms with Crippen LogP contribution in [0.5, 0.6) is 0 Å². The van der Waals surface area contributed by atoms with Gasteiger partial charge in [0.2, 0.25) is 0 Å². The van der Waals surface area contributed by atoms with Gasteiger partial charge in [-0.15, -0.1) is 0 Å². The predicted octanol–water partition coefficient (Wildman–Crippen LogP) is 0.728. The molecule has 0 aromatic rings. The molecule has 0 bridgehead atoms. The molecule has 0 spiro atoms. The fraction of sp³-hybridized carbons (Fsp3) is 1.00. The summed E-state index contributed by atoms with van der Waals surface area (Å²) in [6, 6.07) is 0.789. The largest absolute Gasteiger partial charge is 0.395 e. The van der Waals surface area contributed by atoms with E-state index in [0.717, 1.165) is 13.2 Å². The van der Waals surface area contributed by atoms with E-state index in [1.54, 1.807) is 0 Å². The van der Waals surface area contributed by atoms with Gasteiger partial charge in [0.05, 0.1) is 19.3 Å². The fourth-order valence-corrected chi connectivity index (χ4v) is 3.78. The molecule has 2 aliphatic carbocycles. The maximum atomic E-state index is 9.75. The molecule has 1 aliphatic heterocycles. The van der Waals surface area contributed by atoms with Crippen LogP contribution in [0.2, 0.25) is 0 Å². The van der Waals surface area contributed by atoms with Crippen molar-refractivity contribution in [1.82, 2.24) is 4.90 Å². The first kappa shape index (κ1) is 12.9. The molecule has 0 radical (unpaired) electrons. The molecule has 4 unspecified atom stereocenters. The average molecular weight is 254 g/mol. The SMILES string of the molecule is NC(C1CC1)C(CO)N1CCOC2CCCCC21. The zero-order valence-corrected chi connectivity index (χ0v) is 11.1. The number of fused-ring (bicyclic) bond motifs is 1. The highest BCUT2D eigenvalue weighted by atomic mass is 16.5. The molecule has 0 amide bonds. The van der Waals surface area contributed by atoms with Crippen molar-refractivity contribution in [2.24, 2.45) is 11.7 Å². The normalized spacial score (nSPS) is 37.0. The maximum absolute atomic E-state index is 9.75. The second-order valence-electron chi connectivity index (χ2n) is 6.16. The Morgan fingerprint density at radius 2 is 2.00 bits per heavy atom. The zero-order valence-electron chi connectivity index (χ0n) is 11.1. The van der Waals surface area contributed by atoms with E-state index in [1.165, 1.54) is 38.5 Å². The Kier molecular flexibility index (Phi) is 3.89. The van der Waals surface area contributed by atoms with E-state index in [9.17, 15) is 5.11 Å². The molecule has 0 aromatic carbocycles. The van der Waals surface area contributed by atoms with Crippen molar-refractivity contribution in [3.63, 3.8) is 0 Å². The van der Waals surface area contributed by atoms with Crippen molar-refractivity contribution in [2.45, 2.75) is 62.8 Å².